The van der Waals surface area contributed by atoms with Crippen LogP contribution in [0.15, 0.2) is 58.8 Å². The zero-order valence-electron chi connectivity index (χ0n) is 22.5. The first-order valence-corrected chi connectivity index (χ1v) is 13.9. The number of aryl methyl sites for hydroxylation is 3. The van der Waals surface area contributed by atoms with Crippen molar-refractivity contribution in [3.8, 4) is 11.1 Å². The molecule has 41 heavy (non-hydrogen) atoms. The third-order valence-corrected chi connectivity index (χ3v) is 7.89. The number of nitro benzene ring substituents is 1. The highest BCUT2D eigenvalue weighted by Gasteiger charge is 2.26. The van der Waals surface area contributed by atoms with Crippen LogP contribution in [0.2, 0.25) is 0 Å². The summed E-state index contributed by atoms with van der Waals surface area (Å²) in [6.07, 6.45) is 1.46. The van der Waals surface area contributed by atoms with Crippen molar-refractivity contribution < 1.29 is 28.8 Å². The van der Waals surface area contributed by atoms with Crippen LogP contribution in [0.3, 0.4) is 0 Å². The van der Waals surface area contributed by atoms with E-state index in [1.807, 2.05) is 38.1 Å². The Kier molecular flexibility index (Phi) is 9.14. The van der Waals surface area contributed by atoms with Crippen molar-refractivity contribution in [3.63, 3.8) is 0 Å². The Morgan fingerprint density at radius 1 is 1.10 bits per heavy atom. The van der Waals surface area contributed by atoms with Gasteiger partial charge in [0.05, 0.1) is 22.0 Å². The number of carbonyl (C=O) groups excluding carboxylic acids is 3. The lowest BCUT2D eigenvalue weighted by Crippen LogP contribution is -2.21. The third kappa shape index (κ3) is 6.78. The average molecular weight is 596 g/mol. The Morgan fingerprint density at radius 2 is 1.83 bits per heavy atom. The average Bonchev–Trinajstić information content (AvgIpc) is 3.49. The molecule has 4 rings (SSSR count). The molecule has 2 aromatic carbocycles. The molecule has 12 nitrogen and oxygen atoms in total. The van der Waals surface area contributed by atoms with Crippen LogP contribution in [0, 0.1) is 24.0 Å². The van der Waals surface area contributed by atoms with Crippen LogP contribution < -0.4 is 5.32 Å². The lowest BCUT2D eigenvalue weighted by Gasteiger charge is -2.10. The molecule has 1 N–H and O–H groups in total. The number of carbonyl (C=O) groups is 3. The summed E-state index contributed by atoms with van der Waals surface area (Å²) in [5.74, 6) is -2.21. The zero-order valence-corrected chi connectivity index (χ0v) is 24.1. The molecule has 0 spiro atoms. The second kappa shape index (κ2) is 12.7. The van der Waals surface area contributed by atoms with Gasteiger partial charge in [0.2, 0.25) is 0 Å². The standard InChI is InChI=1S/C27H25N5O7S2/c1-5-38-26(35)23-22(17-8-6-15(2)7-9-17)16(3)40-24(23)29-21(33)13-39-25(34)18-10-11-20(19(12-18)32(36)37)41-27-30-28-14-31(27)4/h6-12,14H,5,13H2,1-4H3,(H,29,33). The largest absolute Gasteiger partial charge is 0.462 e. The molecule has 2 aromatic heterocycles. The van der Waals surface area contributed by atoms with E-state index in [1.54, 1.807) is 18.5 Å². The van der Waals surface area contributed by atoms with Crippen LogP contribution in [-0.4, -0.2) is 50.7 Å². The number of nitro groups is 1. The van der Waals surface area contributed by atoms with Crippen molar-refractivity contribution in [1.29, 1.82) is 0 Å². The van der Waals surface area contributed by atoms with Gasteiger partial charge in [0.15, 0.2) is 11.8 Å². The Bertz CT molecular complexity index is 1630. The van der Waals surface area contributed by atoms with Gasteiger partial charge in [-0.2, -0.15) is 0 Å². The number of hydrogen-bond acceptors (Lipinski definition) is 11. The van der Waals surface area contributed by atoms with Crippen LogP contribution in [0.25, 0.3) is 11.1 Å². The van der Waals surface area contributed by atoms with Gasteiger partial charge in [-0.1, -0.05) is 29.8 Å². The van der Waals surface area contributed by atoms with E-state index in [0.29, 0.717) is 10.7 Å². The number of benzene rings is 2. The molecule has 14 heteroatoms. The number of nitrogens with zero attached hydrogens (tertiary/aromatic N) is 4. The summed E-state index contributed by atoms with van der Waals surface area (Å²) in [5.41, 5.74) is 2.28. The van der Waals surface area contributed by atoms with Gasteiger partial charge < -0.3 is 19.4 Å². The fraction of sp³-hybridized carbons (Fsp3) is 0.222. The van der Waals surface area contributed by atoms with Crippen molar-refractivity contribution in [2.45, 2.75) is 30.8 Å². The van der Waals surface area contributed by atoms with E-state index in [9.17, 15) is 24.5 Å². The summed E-state index contributed by atoms with van der Waals surface area (Å²) >= 11 is 2.22. The third-order valence-electron chi connectivity index (χ3n) is 5.75. The normalized spacial score (nSPS) is 10.7. The minimum absolute atomic E-state index is 0.104. The molecule has 0 fully saturated rings. The molecular weight excluding hydrogens is 570 g/mol. The molecule has 0 aliphatic carbocycles. The van der Waals surface area contributed by atoms with Gasteiger partial charge in [0.25, 0.3) is 11.6 Å². The maximum absolute atomic E-state index is 12.9. The van der Waals surface area contributed by atoms with E-state index in [-0.39, 0.29) is 33.3 Å². The number of aromatic nitrogens is 3. The molecule has 2 heterocycles. The van der Waals surface area contributed by atoms with Crippen molar-refractivity contribution in [2.75, 3.05) is 18.5 Å². The quantitative estimate of drug-likeness (QED) is 0.147. The number of nitrogens with one attached hydrogen (secondary N) is 1. The summed E-state index contributed by atoms with van der Waals surface area (Å²) < 4.78 is 12.0. The maximum Gasteiger partial charge on any atom is 0.341 e. The van der Waals surface area contributed by atoms with E-state index < -0.39 is 29.4 Å². The molecule has 0 bridgehead atoms. The lowest BCUT2D eigenvalue weighted by molar-refractivity contribution is -0.387. The van der Waals surface area contributed by atoms with Gasteiger partial charge in [-0.3, -0.25) is 14.9 Å². The lowest BCUT2D eigenvalue weighted by atomic mass is 10.0. The molecule has 0 aliphatic heterocycles. The Morgan fingerprint density at radius 3 is 2.46 bits per heavy atom. The molecule has 212 valence electrons. The number of thiophene rings is 1. The number of hydrogen-bond donors (Lipinski definition) is 1. The summed E-state index contributed by atoms with van der Waals surface area (Å²) in [6, 6.07) is 11.5. The van der Waals surface area contributed by atoms with Gasteiger partial charge in [-0.15, -0.1) is 21.5 Å². The Labute approximate surface area is 242 Å². The Balaban J connectivity index is 1.49. The summed E-state index contributed by atoms with van der Waals surface area (Å²) in [5, 5.41) is 22.6. The highest BCUT2D eigenvalue weighted by atomic mass is 32.2. The Hall–Kier alpha value is -4.56. The van der Waals surface area contributed by atoms with Gasteiger partial charge >= 0.3 is 11.9 Å². The molecule has 0 atom stereocenters. The second-order valence-corrected chi connectivity index (χ2v) is 10.9. The van der Waals surface area contributed by atoms with E-state index in [2.05, 4.69) is 15.5 Å². The molecular formula is C27H25N5O7S2. The predicted octanol–water partition coefficient (Wildman–Crippen LogP) is 5.19. The smallest absolute Gasteiger partial charge is 0.341 e. The highest BCUT2D eigenvalue weighted by Crippen LogP contribution is 2.40. The maximum atomic E-state index is 12.9. The van der Waals surface area contributed by atoms with Crippen molar-refractivity contribution in [1.82, 2.24) is 14.8 Å². The number of esters is 2. The van der Waals surface area contributed by atoms with E-state index in [1.165, 1.54) is 29.8 Å². The summed E-state index contributed by atoms with van der Waals surface area (Å²) in [4.78, 5) is 50.4. The molecule has 4 aromatic rings. The van der Waals surface area contributed by atoms with Gasteiger partial charge in [0.1, 0.15) is 16.9 Å². The fourth-order valence-electron chi connectivity index (χ4n) is 3.81. The SMILES string of the molecule is CCOC(=O)c1c(NC(=O)COC(=O)c2ccc(Sc3nncn3C)c([N+](=O)[O-])c2)sc(C)c1-c1ccc(C)cc1. The molecule has 0 aliphatic rings. The number of amides is 1. The van der Waals surface area contributed by atoms with Crippen LogP contribution in [0.5, 0.6) is 0 Å². The molecule has 0 unspecified atom stereocenters. The van der Waals surface area contributed by atoms with E-state index in [0.717, 1.165) is 33.8 Å². The van der Waals surface area contributed by atoms with E-state index >= 15 is 0 Å². The summed E-state index contributed by atoms with van der Waals surface area (Å²) in [7, 11) is 1.70. The first-order valence-electron chi connectivity index (χ1n) is 12.2. The first-order chi connectivity index (χ1) is 19.6. The minimum atomic E-state index is -0.924. The van der Waals surface area contributed by atoms with Crippen molar-refractivity contribution >= 4 is 51.6 Å². The highest BCUT2D eigenvalue weighted by molar-refractivity contribution is 7.99. The monoisotopic (exact) mass is 595 g/mol. The van der Waals surface area contributed by atoms with Gasteiger partial charge in [-0.05, 0) is 50.2 Å². The minimum Gasteiger partial charge on any atom is -0.462 e. The number of rotatable bonds is 10. The van der Waals surface area contributed by atoms with Crippen molar-refractivity contribution in [2.24, 2.45) is 7.05 Å². The van der Waals surface area contributed by atoms with Crippen LogP contribution in [-0.2, 0) is 21.3 Å². The van der Waals surface area contributed by atoms with Gasteiger partial charge in [-0.25, -0.2) is 9.59 Å². The first kappa shape index (κ1) is 29.4. The molecule has 1 amide bonds. The predicted molar refractivity (Wildman–Crippen MR) is 152 cm³/mol. The number of ether oxygens (including phenoxy) is 2. The molecule has 0 saturated carbocycles. The van der Waals surface area contributed by atoms with Crippen LogP contribution >= 0.6 is 23.1 Å². The summed E-state index contributed by atoms with van der Waals surface area (Å²) in [6.45, 7) is 4.94. The van der Waals surface area contributed by atoms with Crippen LogP contribution in [0.4, 0.5) is 10.7 Å². The fourth-order valence-corrected chi connectivity index (χ4v) is 5.74. The topological polar surface area (TPSA) is 156 Å². The van der Waals surface area contributed by atoms with E-state index in [4.69, 9.17) is 9.47 Å². The zero-order chi connectivity index (χ0) is 29.7. The van der Waals surface area contributed by atoms with Gasteiger partial charge in [0, 0.05) is 23.6 Å². The molecule has 0 saturated heterocycles. The molecule has 0 radical (unpaired) electrons. The number of anilines is 1. The second-order valence-electron chi connectivity index (χ2n) is 8.71. The van der Waals surface area contributed by atoms with Crippen molar-refractivity contribution in [3.05, 3.63) is 80.5 Å². The van der Waals surface area contributed by atoms with Crippen LogP contribution in [0.1, 0.15) is 38.1 Å².